The lowest BCUT2D eigenvalue weighted by atomic mass is 10.1. The lowest BCUT2D eigenvalue weighted by Crippen LogP contribution is -1.87. The first-order chi connectivity index (χ1) is 9.42. The third-order valence-corrected chi connectivity index (χ3v) is 3.07. The maximum atomic E-state index is 4.62. The van der Waals surface area contributed by atoms with Crippen molar-refractivity contribution in [3.63, 3.8) is 0 Å². The van der Waals surface area contributed by atoms with Gasteiger partial charge in [0, 0.05) is 5.39 Å². The van der Waals surface area contributed by atoms with Gasteiger partial charge < -0.3 is 0 Å². The third-order valence-electron chi connectivity index (χ3n) is 3.07. The van der Waals surface area contributed by atoms with Gasteiger partial charge >= 0.3 is 0 Å². The van der Waals surface area contributed by atoms with E-state index in [0.717, 1.165) is 33.3 Å². The Labute approximate surface area is 108 Å². The van der Waals surface area contributed by atoms with Gasteiger partial charge in [-0.3, -0.25) is 5.10 Å². The van der Waals surface area contributed by atoms with Crippen molar-refractivity contribution in [1.29, 1.82) is 0 Å². The Hall–Kier alpha value is -2.82. The molecule has 0 aliphatic heterocycles. The van der Waals surface area contributed by atoms with Crippen molar-refractivity contribution in [2.24, 2.45) is 0 Å². The second-order valence-electron chi connectivity index (χ2n) is 4.25. The van der Waals surface area contributed by atoms with Crippen LogP contribution in [-0.2, 0) is 0 Å². The molecule has 0 unspecified atom stereocenters. The third kappa shape index (κ3) is 1.55. The maximum absolute atomic E-state index is 4.62. The van der Waals surface area contributed by atoms with Crippen molar-refractivity contribution in [2.45, 2.75) is 0 Å². The van der Waals surface area contributed by atoms with Gasteiger partial charge in [-0.2, -0.15) is 5.10 Å². The van der Waals surface area contributed by atoms with Crippen molar-refractivity contribution in [1.82, 2.24) is 25.1 Å². The molecule has 5 heteroatoms. The lowest BCUT2D eigenvalue weighted by Gasteiger charge is -2.00. The van der Waals surface area contributed by atoms with Crippen LogP contribution in [0.15, 0.2) is 48.9 Å². The summed E-state index contributed by atoms with van der Waals surface area (Å²) in [4.78, 5) is 12.8. The van der Waals surface area contributed by atoms with Crippen LogP contribution in [0.1, 0.15) is 0 Å². The summed E-state index contributed by atoms with van der Waals surface area (Å²) in [5, 5.41) is 8.31. The molecule has 0 aliphatic carbocycles. The summed E-state index contributed by atoms with van der Waals surface area (Å²) >= 11 is 0. The smallest absolute Gasteiger partial charge is 0.137 e. The predicted octanol–water partition coefficient (Wildman–Crippen LogP) is 2.57. The van der Waals surface area contributed by atoms with Crippen molar-refractivity contribution < 1.29 is 0 Å². The van der Waals surface area contributed by atoms with E-state index in [1.165, 1.54) is 6.33 Å². The second-order valence-corrected chi connectivity index (χ2v) is 4.25. The topological polar surface area (TPSA) is 67.3 Å². The van der Waals surface area contributed by atoms with Crippen LogP contribution in [0.2, 0.25) is 0 Å². The van der Waals surface area contributed by atoms with E-state index in [9.17, 15) is 0 Å². The number of aromatic amines is 1. The first-order valence-corrected chi connectivity index (χ1v) is 5.92. The summed E-state index contributed by atoms with van der Waals surface area (Å²) in [7, 11) is 0. The number of aromatic nitrogens is 5. The molecule has 0 aliphatic rings. The van der Waals surface area contributed by atoms with Gasteiger partial charge in [-0.15, -0.1) is 0 Å². The number of fused-ring (bicyclic) bond motifs is 2. The van der Waals surface area contributed by atoms with Crippen molar-refractivity contribution in [3.8, 4) is 11.4 Å². The zero-order valence-corrected chi connectivity index (χ0v) is 9.91. The summed E-state index contributed by atoms with van der Waals surface area (Å²) in [5.74, 6) is 0. The first-order valence-electron chi connectivity index (χ1n) is 5.92. The molecule has 1 N–H and O–H groups in total. The largest absolute Gasteiger partial charge is 0.274 e. The van der Waals surface area contributed by atoms with Crippen LogP contribution in [0.5, 0.6) is 0 Å². The van der Waals surface area contributed by atoms with Crippen LogP contribution in [0.4, 0.5) is 0 Å². The molecular formula is C14H9N5. The van der Waals surface area contributed by atoms with Crippen molar-refractivity contribution >= 4 is 21.9 Å². The van der Waals surface area contributed by atoms with E-state index in [1.54, 1.807) is 6.20 Å². The molecule has 1 aromatic carbocycles. The van der Waals surface area contributed by atoms with Gasteiger partial charge in [-0.05, 0) is 12.1 Å². The van der Waals surface area contributed by atoms with Crippen LogP contribution < -0.4 is 0 Å². The number of pyridine rings is 1. The molecular weight excluding hydrogens is 238 g/mol. The van der Waals surface area contributed by atoms with E-state index in [2.05, 4.69) is 25.1 Å². The number of hydrogen-bond acceptors (Lipinski definition) is 4. The molecule has 0 atom stereocenters. The minimum Gasteiger partial charge on any atom is -0.274 e. The Bertz CT molecular complexity index is 881. The Kier molecular flexibility index (Phi) is 2.05. The summed E-state index contributed by atoms with van der Waals surface area (Å²) in [5.41, 5.74) is 4.11. The van der Waals surface area contributed by atoms with Crippen LogP contribution in [0.25, 0.3) is 33.3 Å². The van der Waals surface area contributed by atoms with Crippen molar-refractivity contribution in [2.75, 3.05) is 0 Å². The molecule has 0 fully saturated rings. The van der Waals surface area contributed by atoms with E-state index in [1.807, 2.05) is 36.4 Å². The number of nitrogens with one attached hydrogen (secondary N) is 1. The Morgan fingerprint density at radius 2 is 1.95 bits per heavy atom. The molecule has 3 aromatic heterocycles. The molecule has 0 radical (unpaired) electrons. The number of nitrogens with zero attached hydrogens (tertiary/aromatic N) is 4. The predicted molar refractivity (Wildman–Crippen MR) is 72.4 cm³/mol. The van der Waals surface area contributed by atoms with E-state index in [4.69, 9.17) is 0 Å². The Morgan fingerprint density at radius 1 is 1.00 bits per heavy atom. The van der Waals surface area contributed by atoms with E-state index >= 15 is 0 Å². The number of hydrogen-bond donors (Lipinski definition) is 1. The van der Waals surface area contributed by atoms with Crippen LogP contribution in [0.3, 0.4) is 0 Å². The minimum absolute atomic E-state index is 0.753. The molecule has 3 heterocycles. The molecule has 4 aromatic rings. The Morgan fingerprint density at radius 3 is 2.95 bits per heavy atom. The molecule has 0 saturated carbocycles. The fraction of sp³-hybridized carbons (Fsp3) is 0. The van der Waals surface area contributed by atoms with E-state index in [-0.39, 0.29) is 0 Å². The lowest BCUT2D eigenvalue weighted by molar-refractivity contribution is 1.11. The summed E-state index contributed by atoms with van der Waals surface area (Å²) in [6, 6.07) is 12.0. The highest BCUT2D eigenvalue weighted by atomic mass is 15.1. The van der Waals surface area contributed by atoms with Crippen LogP contribution in [0, 0.1) is 0 Å². The summed E-state index contributed by atoms with van der Waals surface area (Å²) < 4.78 is 0. The molecule has 90 valence electrons. The average Bonchev–Trinajstić information content (AvgIpc) is 2.91. The van der Waals surface area contributed by atoms with E-state index in [0.29, 0.717) is 0 Å². The molecule has 0 saturated heterocycles. The number of benzene rings is 1. The molecule has 4 rings (SSSR count). The quantitative estimate of drug-likeness (QED) is 0.561. The zero-order chi connectivity index (χ0) is 12.7. The van der Waals surface area contributed by atoms with Crippen LogP contribution >= 0.6 is 0 Å². The molecule has 19 heavy (non-hydrogen) atoms. The highest BCUT2D eigenvalue weighted by Gasteiger charge is 2.10. The molecule has 0 amide bonds. The fourth-order valence-corrected chi connectivity index (χ4v) is 2.15. The van der Waals surface area contributed by atoms with Gasteiger partial charge in [-0.25, -0.2) is 15.0 Å². The summed E-state index contributed by atoms with van der Waals surface area (Å²) in [6.07, 6.45) is 3.22. The summed E-state index contributed by atoms with van der Waals surface area (Å²) in [6.45, 7) is 0. The number of rotatable bonds is 1. The average molecular weight is 247 g/mol. The second kappa shape index (κ2) is 3.84. The van der Waals surface area contributed by atoms with Gasteiger partial charge in [0.25, 0.3) is 0 Å². The minimum atomic E-state index is 0.753. The van der Waals surface area contributed by atoms with Gasteiger partial charge in [-0.1, -0.05) is 24.3 Å². The maximum Gasteiger partial charge on any atom is 0.137 e. The molecule has 0 spiro atoms. The standard InChI is InChI=1S/C14H9N5/c1-2-4-10-9(3-1)5-6-11(17-10)14-13-12(18-19-14)7-15-8-16-13/h1-8H,(H,18,19). The fourth-order valence-electron chi connectivity index (χ4n) is 2.15. The van der Waals surface area contributed by atoms with Gasteiger partial charge in [0.05, 0.1) is 17.4 Å². The molecule has 0 bridgehead atoms. The van der Waals surface area contributed by atoms with Gasteiger partial charge in [0.15, 0.2) is 0 Å². The van der Waals surface area contributed by atoms with Crippen LogP contribution in [-0.4, -0.2) is 25.1 Å². The number of H-pyrrole nitrogens is 1. The van der Waals surface area contributed by atoms with Gasteiger partial charge in [0.2, 0.25) is 0 Å². The normalized spacial score (nSPS) is 11.2. The highest BCUT2D eigenvalue weighted by Crippen LogP contribution is 2.24. The highest BCUT2D eigenvalue weighted by molar-refractivity contribution is 5.90. The number of para-hydroxylation sites is 1. The molecule has 5 nitrogen and oxygen atoms in total. The van der Waals surface area contributed by atoms with Gasteiger partial charge in [0.1, 0.15) is 23.1 Å². The monoisotopic (exact) mass is 247 g/mol. The Balaban J connectivity index is 1.99. The SMILES string of the molecule is c1ccc2nc(-c3n[nH]c4cncnc34)ccc2c1. The van der Waals surface area contributed by atoms with E-state index < -0.39 is 0 Å². The van der Waals surface area contributed by atoms with Crippen molar-refractivity contribution in [3.05, 3.63) is 48.9 Å². The first kappa shape index (κ1) is 10.1. The zero-order valence-electron chi connectivity index (χ0n) is 9.91.